The molecule has 0 fully saturated rings. The van der Waals surface area contributed by atoms with Crippen molar-refractivity contribution in [3.63, 3.8) is 0 Å². The second-order valence-electron chi connectivity index (χ2n) is 7.63. The Morgan fingerprint density at radius 1 is 1.06 bits per heavy atom. The molecule has 0 unspecified atom stereocenters. The van der Waals surface area contributed by atoms with Gasteiger partial charge in [0.25, 0.3) is 5.69 Å². The van der Waals surface area contributed by atoms with Crippen LogP contribution in [0.3, 0.4) is 0 Å². The zero-order valence-electron chi connectivity index (χ0n) is 17.9. The fraction of sp³-hybridized carbons (Fsp3) is 0. The van der Waals surface area contributed by atoms with Crippen molar-refractivity contribution in [3.05, 3.63) is 104 Å². The van der Waals surface area contributed by atoms with E-state index in [2.05, 4.69) is 26.2 Å². The topological polar surface area (TPSA) is 98.3 Å². The number of nitro benzene ring substituents is 1. The van der Waals surface area contributed by atoms with Crippen LogP contribution >= 0.6 is 27.5 Å². The van der Waals surface area contributed by atoms with Gasteiger partial charge in [-0.2, -0.15) is 0 Å². The van der Waals surface area contributed by atoms with Gasteiger partial charge < -0.3 is 9.73 Å². The number of oxazole rings is 1. The summed E-state index contributed by atoms with van der Waals surface area (Å²) in [4.78, 5) is 27.5. The average Bonchev–Trinajstić information content (AvgIpc) is 3.26. The highest BCUT2D eigenvalue weighted by molar-refractivity contribution is 9.10. The Balaban J connectivity index is 1.38. The number of carbonyl (C=O) groups excluding carboxylic acids is 1. The highest BCUT2D eigenvalue weighted by atomic mass is 79.9. The van der Waals surface area contributed by atoms with Crippen LogP contribution < -0.4 is 5.32 Å². The van der Waals surface area contributed by atoms with Gasteiger partial charge in [0, 0.05) is 27.9 Å². The minimum Gasteiger partial charge on any atom is -0.436 e. The van der Waals surface area contributed by atoms with E-state index in [-0.39, 0.29) is 10.7 Å². The van der Waals surface area contributed by atoms with Crippen LogP contribution in [0.4, 0.5) is 11.4 Å². The molecule has 1 N–H and O–H groups in total. The molecule has 0 bridgehead atoms. The number of carbonyl (C=O) groups is 1. The maximum atomic E-state index is 12.4. The van der Waals surface area contributed by atoms with Crippen LogP contribution in [-0.2, 0) is 4.79 Å². The molecule has 0 saturated carbocycles. The fourth-order valence-corrected chi connectivity index (χ4v) is 4.39. The van der Waals surface area contributed by atoms with Crippen molar-refractivity contribution >= 4 is 72.8 Å². The van der Waals surface area contributed by atoms with Crippen LogP contribution in [0.2, 0.25) is 5.02 Å². The number of hydrogen-bond donors (Lipinski definition) is 1. The largest absolute Gasteiger partial charge is 0.436 e. The van der Waals surface area contributed by atoms with E-state index in [9.17, 15) is 14.9 Å². The van der Waals surface area contributed by atoms with Gasteiger partial charge in [0.15, 0.2) is 5.58 Å². The van der Waals surface area contributed by atoms with Crippen molar-refractivity contribution in [2.24, 2.45) is 0 Å². The number of nitrogens with one attached hydrogen (secondary N) is 1. The van der Waals surface area contributed by atoms with E-state index in [4.69, 9.17) is 16.0 Å². The molecule has 0 saturated heterocycles. The molecule has 1 aromatic heterocycles. The van der Waals surface area contributed by atoms with Crippen LogP contribution in [0, 0.1) is 10.1 Å². The first kappa shape index (κ1) is 22.8. The quantitative estimate of drug-likeness (QED) is 0.138. The van der Waals surface area contributed by atoms with E-state index in [1.807, 2.05) is 36.4 Å². The summed E-state index contributed by atoms with van der Waals surface area (Å²) in [5.74, 6) is 0.0842. The summed E-state index contributed by atoms with van der Waals surface area (Å²) in [6.45, 7) is 0. The molecule has 5 rings (SSSR count). The monoisotopic (exact) mass is 547 g/mol. The standard InChI is InChI=1S/C26H15BrClN3O4/c27-20-6-2-3-17-18(20)4-1-5-19(17)26-30-22-14-16(9-11-24(22)35-26)29-25(32)12-8-15-7-10-21(28)23(13-15)31(33)34/h1-14H,(H,29,32)/b12-8+. The summed E-state index contributed by atoms with van der Waals surface area (Å²) in [5, 5.41) is 15.9. The van der Waals surface area contributed by atoms with Gasteiger partial charge in [-0.25, -0.2) is 4.98 Å². The first-order valence-corrected chi connectivity index (χ1v) is 11.6. The van der Waals surface area contributed by atoms with Crippen LogP contribution in [0.1, 0.15) is 5.56 Å². The van der Waals surface area contributed by atoms with Gasteiger partial charge in [0.05, 0.1) is 4.92 Å². The molecule has 0 aliphatic heterocycles. The normalized spacial score (nSPS) is 11.4. The molecule has 0 spiro atoms. The van der Waals surface area contributed by atoms with Crippen molar-refractivity contribution in [1.82, 2.24) is 4.98 Å². The summed E-state index contributed by atoms with van der Waals surface area (Å²) >= 11 is 9.40. The Labute approximate surface area is 212 Å². The zero-order chi connectivity index (χ0) is 24.5. The van der Waals surface area contributed by atoms with Crippen molar-refractivity contribution in [1.29, 1.82) is 0 Å². The molecule has 35 heavy (non-hydrogen) atoms. The summed E-state index contributed by atoms with van der Waals surface area (Å²) in [5.41, 5.74) is 2.85. The number of rotatable bonds is 5. The van der Waals surface area contributed by atoms with E-state index >= 15 is 0 Å². The number of aromatic nitrogens is 1. The summed E-state index contributed by atoms with van der Waals surface area (Å²) in [6.07, 6.45) is 2.77. The van der Waals surface area contributed by atoms with Gasteiger partial charge in [-0.3, -0.25) is 14.9 Å². The Kier molecular flexibility index (Phi) is 6.07. The Hall–Kier alpha value is -4.01. The highest BCUT2D eigenvalue weighted by Crippen LogP contribution is 2.34. The van der Waals surface area contributed by atoms with Crippen molar-refractivity contribution in [2.45, 2.75) is 0 Å². The van der Waals surface area contributed by atoms with Crippen LogP contribution in [0.15, 0.2) is 87.8 Å². The molecule has 0 atom stereocenters. The molecule has 7 nitrogen and oxygen atoms in total. The predicted molar refractivity (Wildman–Crippen MR) is 140 cm³/mol. The number of benzene rings is 4. The summed E-state index contributed by atoms with van der Waals surface area (Å²) in [7, 11) is 0. The highest BCUT2D eigenvalue weighted by Gasteiger charge is 2.14. The smallest absolute Gasteiger partial charge is 0.288 e. The van der Waals surface area contributed by atoms with Gasteiger partial charge in [0.1, 0.15) is 10.5 Å². The van der Waals surface area contributed by atoms with Gasteiger partial charge in [-0.15, -0.1) is 0 Å². The van der Waals surface area contributed by atoms with Gasteiger partial charge >= 0.3 is 0 Å². The predicted octanol–water partition coefficient (Wildman–Crippen LogP) is 7.62. The van der Waals surface area contributed by atoms with Gasteiger partial charge in [-0.05, 0) is 58.8 Å². The number of nitrogens with zero attached hydrogens (tertiary/aromatic N) is 2. The number of hydrogen-bond acceptors (Lipinski definition) is 5. The summed E-state index contributed by atoms with van der Waals surface area (Å²) in [6, 6.07) is 21.4. The lowest BCUT2D eigenvalue weighted by atomic mass is 10.0. The molecular weight excluding hydrogens is 534 g/mol. The van der Waals surface area contributed by atoms with Gasteiger partial charge in [-0.1, -0.05) is 57.9 Å². The SMILES string of the molecule is O=C(/C=C/c1ccc(Cl)c([N+](=O)[O-])c1)Nc1ccc2oc(-c3cccc4c(Br)cccc34)nc2c1. The molecule has 1 heterocycles. The Morgan fingerprint density at radius 3 is 2.69 bits per heavy atom. The van der Waals surface area contributed by atoms with Crippen molar-refractivity contribution < 1.29 is 14.1 Å². The number of halogens is 2. The maximum Gasteiger partial charge on any atom is 0.288 e. The zero-order valence-corrected chi connectivity index (χ0v) is 20.2. The Morgan fingerprint density at radius 2 is 1.86 bits per heavy atom. The van der Waals surface area contributed by atoms with Crippen LogP contribution in [0.5, 0.6) is 0 Å². The second kappa shape index (κ2) is 9.32. The average molecular weight is 549 g/mol. The third-order valence-electron chi connectivity index (χ3n) is 5.35. The fourth-order valence-electron chi connectivity index (χ4n) is 3.71. The first-order chi connectivity index (χ1) is 16.9. The van der Waals surface area contributed by atoms with Crippen LogP contribution in [-0.4, -0.2) is 15.8 Å². The lowest BCUT2D eigenvalue weighted by Gasteiger charge is -2.04. The molecule has 9 heteroatoms. The van der Waals surface area contributed by atoms with E-state index in [1.165, 1.54) is 24.3 Å². The molecular formula is C26H15BrClN3O4. The van der Waals surface area contributed by atoms with Crippen LogP contribution in [0.25, 0.3) is 39.4 Å². The number of nitro groups is 1. The van der Waals surface area contributed by atoms with Crippen molar-refractivity contribution in [2.75, 3.05) is 5.32 Å². The molecule has 0 aliphatic rings. The minimum absolute atomic E-state index is 0.0352. The molecule has 0 radical (unpaired) electrons. The van der Waals surface area contributed by atoms with Gasteiger partial charge in [0.2, 0.25) is 11.8 Å². The maximum absolute atomic E-state index is 12.4. The van der Waals surface area contributed by atoms with E-state index < -0.39 is 10.8 Å². The lowest BCUT2D eigenvalue weighted by molar-refractivity contribution is -0.384. The molecule has 5 aromatic rings. The van der Waals surface area contributed by atoms with E-state index in [1.54, 1.807) is 24.3 Å². The van der Waals surface area contributed by atoms with Crippen molar-refractivity contribution in [3.8, 4) is 11.5 Å². The molecule has 172 valence electrons. The number of fused-ring (bicyclic) bond motifs is 2. The lowest BCUT2D eigenvalue weighted by Crippen LogP contribution is -2.07. The second-order valence-corrected chi connectivity index (χ2v) is 8.89. The van der Waals surface area contributed by atoms with E-state index in [0.717, 1.165) is 20.8 Å². The Bertz CT molecular complexity index is 1660. The third kappa shape index (κ3) is 4.66. The number of anilines is 1. The molecule has 4 aromatic carbocycles. The minimum atomic E-state index is -0.571. The third-order valence-corrected chi connectivity index (χ3v) is 6.36. The molecule has 0 aliphatic carbocycles. The summed E-state index contributed by atoms with van der Waals surface area (Å²) < 4.78 is 6.97. The van der Waals surface area contributed by atoms with E-state index in [0.29, 0.717) is 28.2 Å². The first-order valence-electron chi connectivity index (χ1n) is 10.4. The molecule has 1 amide bonds. The number of amides is 1.